The third-order valence-electron chi connectivity index (χ3n) is 4.53. The molecule has 114 valence electrons. The van der Waals surface area contributed by atoms with Crippen LogP contribution in [0.2, 0.25) is 5.02 Å². The quantitative estimate of drug-likeness (QED) is 0.569. The number of hydrogen-bond acceptors (Lipinski definition) is 1. The first kappa shape index (κ1) is 14.5. The van der Waals surface area contributed by atoms with Crippen LogP contribution in [-0.2, 0) is 12.8 Å². The molecule has 1 aromatic heterocycles. The molecule has 0 fully saturated rings. The SMILES string of the molecule is Clc1ccc(-c2cc(-c3ccccc3)c3c(n2)CCCC3)cc1. The van der Waals surface area contributed by atoms with Crippen molar-refractivity contribution in [1.29, 1.82) is 0 Å². The van der Waals surface area contributed by atoms with Gasteiger partial charge < -0.3 is 0 Å². The third kappa shape index (κ3) is 2.89. The fourth-order valence-corrected chi connectivity index (χ4v) is 3.47. The van der Waals surface area contributed by atoms with Gasteiger partial charge in [-0.25, -0.2) is 0 Å². The van der Waals surface area contributed by atoms with Gasteiger partial charge >= 0.3 is 0 Å². The number of nitrogens with zero attached hydrogens (tertiary/aromatic N) is 1. The van der Waals surface area contributed by atoms with Crippen molar-refractivity contribution in [3.05, 3.63) is 76.9 Å². The molecule has 1 aliphatic rings. The average molecular weight is 320 g/mol. The number of aryl methyl sites for hydroxylation is 1. The van der Waals surface area contributed by atoms with Crippen LogP contribution in [-0.4, -0.2) is 4.98 Å². The molecule has 0 saturated heterocycles. The maximum absolute atomic E-state index is 6.02. The lowest BCUT2D eigenvalue weighted by molar-refractivity contribution is 0.670. The second kappa shape index (κ2) is 6.17. The van der Waals surface area contributed by atoms with Gasteiger partial charge in [0.1, 0.15) is 0 Å². The molecule has 2 heteroatoms. The highest BCUT2D eigenvalue weighted by Crippen LogP contribution is 2.34. The summed E-state index contributed by atoms with van der Waals surface area (Å²) in [6, 6.07) is 20.9. The first-order valence-electron chi connectivity index (χ1n) is 8.15. The van der Waals surface area contributed by atoms with Gasteiger partial charge in [0.15, 0.2) is 0 Å². The molecule has 0 radical (unpaired) electrons. The van der Waals surface area contributed by atoms with E-state index in [-0.39, 0.29) is 0 Å². The summed E-state index contributed by atoms with van der Waals surface area (Å²) in [6.45, 7) is 0. The second-order valence-electron chi connectivity index (χ2n) is 6.06. The van der Waals surface area contributed by atoms with Gasteiger partial charge in [-0.15, -0.1) is 0 Å². The molecule has 2 aromatic carbocycles. The Kier molecular flexibility index (Phi) is 3.88. The average Bonchev–Trinajstić information content (AvgIpc) is 2.62. The van der Waals surface area contributed by atoms with Crippen LogP contribution in [0.1, 0.15) is 24.1 Å². The monoisotopic (exact) mass is 319 g/mol. The second-order valence-corrected chi connectivity index (χ2v) is 6.50. The van der Waals surface area contributed by atoms with E-state index in [4.69, 9.17) is 16.6 Å². The van der Waals surface area contributed by atoms with Crippen molar-refractivity contribution in [3.63, 3.8) is 0 Å². The molecule has 0 saturated carbocycles. The zero-order valence-corrected chi connectivity index (χ0v) is 13.7. The van der Waals surface area contributed by atoms with Crippen molar-refractivity contribution in [2.45, 2.75) is 25.7 Å². The highest BCUT2D eigenvalue weighted by Gasteiger charge is 2.17. The van der Waals surface area contributed by atoms with Crippen molar-refractivity contribution < 1.29 is 0 Å². The summed E-state index contributed by atoms with van der Waals surface area (Å²) >= 11 is 6.02. The molecule has 0 unspecified atom stereocenters. The van der Waals surface area contributed by atoms with E-state index in [1.54, 1.807) is 0 Å². The summed E-state index contributed by atoms with van der Waals surface area (Å²) in [4.78, 5) is 4.96. The first-order valence-corrected chi connectivity index (χ1v) is 8.53. The summed E-state index contributed by atoms with van der Waals surface area (Å²) in [5.74, 6) is 0. The Labute approximate surface area is 142 Å². The highest BCUT2D eigenvalue weighted by molar-refractivity contribution is 6.30. The van der Waals surface area contributed by atoms with E-state index >= 15 is 0 Å². The maximum atomic E-state index is 6.02. The minimum atomic E-state index is 0.759. The fraction of sp³-hybridized carbons (Fsp3) is 0.190. The number of hydrogen-bond donors (Lipinski definition) is 0. The summed E-state index contributed by atoms with van der Waals surface area (Å²) in [7, 11) is 0. The topological polar surface area (TPSA) is 12.9 Å². The molecule has 0 amide bonds. The van der Waals surface area contributed by atoms with E-state index in [0.29, 0.717) is 0 Å². The van der Waals surface area contributed by atoms with Gasteiger partial charge in [-0.2, -0.15) is 0 Å². The predicted molar refractivity (Wildman–Crippen MR) is 96.8 cm³/mol. The van der Waals surface area contributed by atoms with Crippen molar-refractivity contribution in [3.8, 4) is 22.4 Å². The van der Waals surface area contributed by atoms with E-state index in [2.05, 4.69) is 48.5 Å². The highest BCUT2D eigenvalue weighted by atomic mass is 35.5. The van der Waals surface area contributed by atoms with Gasteiger partial charge in [-0.3, -0.25) is 4.98 Å². The Hall–Kier alpha value is -2.12. The number of halogens is 1. The van der Waals surface area contributed by atoms with Crippen LogP contribution in [0, 0.1) is 0 Å². The third-order valence-corrected chi connectivity index (χ3v) is 4.78. The van der Waals surface area contributed by atoms with E-state index in [1.807, 2.05) is 12.1 Å². The summed E-state index contributed by atoms with van der Waals surface area (Å²) in [5.41, 5.74) is 7.48. The van der Waals surface area contributed by atoms with Crippen LogP contribution < -0.4 is 0 Å². The standard InChI is InChI=1S/C21H18ClN/c22-17-12-10-16(11-13-17)21-14-19(15-6-2-1-3-7-15)18-8-4-5-9-20(18)23-21/h1-3,6-7,10-14H,4-5,8-9H2. The van der Waals surface area contributed by atoms with Gasteiger partial charge in [-0.05, 0) is 60.6 Å². The number of rotatable bonds is 2. The first-order chi connectivity index (χ1) is 11.3. The lowest BCUT2D eigenvalue weighted by Crippen LogP contribution is -2.08. The van der Waals surface area contributed by atoms with Gasteiger partial charge in [-0.1, -0.05) is 54.1 Å². The Morgan fingerprint density at radius 2 is 1.52 bits per heavy atom. The molecular formula is C21H18ClN. The maximum Gasteiger partial charge on any atom is 0.0711 e. The van der Waals surface area contributed by atoms with Crippen LogP contribution in [0.3, 0.4) is 0 Å². The number of benzene rings is 2. The van der Waals surface area contributed by atoms with Gasteiger partial charge in [0.05, 0.1) is 5.69 Å². The van der Waals surface area contributed by atoms with Crippen LogP contribution in [0.25, 0.3) is 22.4 Å². The lowest BCUT2D eigenvalue weighted by atomic mass is 9.88. The van der Waals surface area contributed by atoms with Gasteiger partial charge in [0.25, 0.3) is 0 Å². The molecule has 1 heterocycles. The lowest BCUT2D eigenvalue weighted by Gasteiger charge is -2.20. The van der Waals surface area contributed by atoms with Crippen molar-refractivity contribution in [2.24, 2.45) is 0 Å². The molecule has 0 spiro atoms. The zero-order chi connectivity index (χ0) is 15.6. The molecule has 0 aliphatic heterocycles. The van der Waals surface area contributed by atoms with E-state index < -0.39 is 0 Å². The molecular weight excluding hydrogens is 302 g/mol. The van der Waals surface area contributed by atoms with Crippen molar-refractivity contribution >= 4 is 11.6 Å². The number of aromatic nitrogens is 1. The van der Waals surface area contributed by atoms with Gasteiger partial charge in [0, 0.05) is 16.3 Å². The Balaban J connectivity index is 1.90. The number of fused-ring (bicyclic) bond motifs is 1. The van der Waals surface area contributed by atoms with E-state index in [1.165, 1.54) is 35.2 Å². The normalized spacial score (nSPS) is 13.6. The Bertz CT molecular complexity index is 822. The molecule has 3 aromatic rings. The van der Waals surface area contributed by atoms with E-state index in [9.17, 15) is 0 Å². The summed E-state index contributed by atoms with van der Waals surface area (Å²) in [5, 5.41) is 0.759. The zero-order valence-electron chi connectivity index (χ0n) is 12.9. The minimum absolute atomic E-state index is 0.759. The summed E-state index contributed by atoms with van der Waals surface area (Å²) in [6.07, 6.45) is 4.71. The molecule has 1 nitrogen and oxygen atoms in total. The number of pyridine rings is 1. The van der Waals surface area contributed by atoms with Crippen molar-refractivity contribution in [2.75, 3.05) is 0 Å². The largest absolute Gasteiger partial charge is 0.253 e. The van der Waals surface area contributed by atoms with E-state index in [0.717, 1.165) is 29.1 Å². The van der Waals surface area contributed by atoms with Crippen LogP contribution in [0.4, 0.5) is 0 Å². The molecule has 23 heavy (non-hydrogen) atoms. The van der Waals surface area contributed by atoms with Crippen LogP contribution in [0.5, 0.6) is 0 Å². The molecule has 0 N–H and O–H groups in total. The smallest absolute Gasteiger partial charge is 0.0711 e. The van der Waals surface area contributed by atoms with Gasteiger partial charge in [0.2, 0.25) is 0 Å². The summed E-state index contributed by atoms with van der Waals surface area (Å²) < 4.78 is 0. The fourth-order valence-electron chi connectivity index (χ4n) is 3.35. The Morgan fingerprint density at radius 1 is 0.783 bits per heavy atom. The molecule has 4 rings (SSSR count). The Morgan fingerprint density at radius 3 is 2.30 bits per heavy atom. The minimum Gasteiger partial charge on any atom is -0.253 e. The molecule has 0 atom stereocenters. The van der Waals surface area contributed by atoms with Crippen LogP contribution in [0.15, 0.2) is 60.7 Å². The predicted octanol–water partition coefficient (Wildman–Crippen LogP) is 5.95. The molecule has 1 aliphatic carbocycles. The molecule has 0 bridgehead atoms. The van der Waals surface area contributed by atoms with Crippen molar-refractivity contribution in [1.82, 2.24) is 4.98 Å². The van der Waals surface area contributed by atoms with Crippen LogP contribution >= 0.6 is 11.6 Å².